The molecular formula is C21H36IN3O3. The van der Waals surface area contributed by atoms with Crippen molar-refractivity contribution in [2.75, 3.05) is 27.3 Å². The standard InChI is InChI=1S/C21H35N3O3.HI/c1-5-15-7-10-17(11-8-15)24-21(22-6-2)23-14-18(25)16-9-12-19(26-3)20(13-16)27-4;/h9,12-13,15,17-18,25H,5-8,10-11,14H2,1-4H3,(H2,22,23,24);1H. The highest BCUT2D eigenvalue weighted by molar-refractivity contribution is 14.0. The minimum Gasteiger partial charge on any atom is -0.493 e. The SMILES string of the molecule is CCNC(=NCC(O)c1ccc(OC)c(OC)c1)NC1CCC(CC)CC1.I. The van der Waals surface area contributed by atoms with E-state index in [0.29, 0.717) is 17.5 Å². The molecule has 3 N–H and O–H groups in total. The van der Waals surface area contributed by atoms with Crippen molar-refractivity contribution in [3.8, 4) is 11.5 Å². The fraction of sp³-hybridized carbons (Fsp3) is 0.667. The van der Waals surface area contributed by atoms with E-state index in [-0.39, 0.29) is 30.5 Å². The summed E-state index contributed by atoms with van der Waals surface area (Å²) in [7, 11) is 3.19. The Morgan fingerprint density at radius 1 is 1.14 bits per heavy atom. The molecule has 160 valence electrons. The summed E-state index contributed by atoms with van der Waals surface area (Å²) in [6.45, 7) is 5.41. The Kier molecular flexibility index (Phi) is 11.6. The second-order valence-corrected chi connectivity index (χ2v) is 7.12. The van der Waals surface area contributed by atoms with Crippen LogP contribution < -0.4 is 20.1 Å². The molecule has 0 saturated heterocycles. The summed E-state index contributed by atoms with van der Waals surface area (Å²) in [6.07, 6.45) is 5.50. The van der Waals surface area contributed by atoms with Gasteiger partial charge in [-0.15, -0.1) is 24.0 Å². The van der Waals surface area contributed by atoms with Crippen molar-refractivity contribution in [3.05, 3.63) is 23.8 Å². The van der Waals surface area contributed by atoms with Gasteiger partial charge in [-0.2, -0.15) is 0 Å². The van der Waals surface area contributed by atoms with Crippen molar-refractivity contribution in [1.29, 1.82) is 0 Å². The highest BCUT2D eigenvalue weighted by atomic mass is 127. The maximum Gasteiger partial charge on any atom is 0.191 e. The number of ether oxygens (including phenoxy) is 2. The zero-order valence-corrected chi connectivity index (χ0v) is 19.9. The number of benzene rings is 1. The molecule has 7 heteroatoms. The number of halogens is 1. The first-order valence-electron chi connectivity index (χ1n) is 10.1. The average Bonchev–Trinajstić information content (AvgIpc) is 2.71. The number of methoxy groups -OCH3 is 2. The number of aliphatic hydroxyl groups excluding tert-OH is 1. The number of nitrogens with zero attached hydrogens (tertiary/aromatic N) is 1. The number of aliphatic hydroxyl groups is 1. The van der Waals surface area contributed by atoms with Gasteiger partial charge in [-0.25, -0.2) is 0 Å². The lowest BCUT2D eigenvalue weighted by Crippen LogP contribution is -2.45. The molecule has 6 nitrogen and oxygen atoms in total. The summed E-state index contributed by atoms with van der Waals surface area (Å²) >= 11 is 0. The third-order valence-electron chi connectivity index (χ3n) is 5.32. The Labute approximate surface area is 186 Å². The molecule has 1 fully saturated rings. The molecule has 0 aromatic heterocycles. The summed E-state index contributed by atoms with van der Waals surface area (Å²) in [5.74, 6) is 2.90. The molecule has 0 radical (unpaired) electrons. The molecular weight excluding hydrogens is 469 g/mol. The van der Waals surface area contributed by atoms with Crippen LogP contribution in [0.3, 0.4) is 0 Å². The van der Waals surface area contributed by atoms with Gasteiger partial charge in [0, 0.05) is 12.6 Å². The summed E-state index contributed by atoms with van der Waals surface area (Å²) in [5.41, 5.74) is 0.760. The Morgan fingerprint density at radius 3 is 2.39 bits per heavy atom. The van der Waals surface area contributed by atoms with Crippen molar-refractivity contribution >= 4 is 29.9 Å². The lowest BCUT2D eigenvalue weighted by atomic mass is 9.84. The Bertz CT molecular complexity index is 605. The number of guanidine groups is 1. The van der Waals surface area contributed by atoms with Gasteiger partial charge in [-0.1, -0.05) is 19.4 Å². The molecule has 0 spiro atoms. The third-order valence-corrected chi connectivity index (χ3v) is 5.32. The van der Waals surface area contributed by atoms with E-state index in [0.717, 1.165) is 24.0 Å². The second kappa shape index (κ2) is 13.1. The molecule has 1 aliphatic carbocycles. The van der Waals surface area contributed by atoms with Gasteiger partial charge in [0.05, 0.1) is 26.9 Å². The van der Waals surface area contributed by atoms with E-state index < -0.39 is 6.10 Å². The third kappa shape index (κ3) is 7.31. The molecule has 1 atom stereocenters. The molecule has 0 bridgehead atoms. The Morgan fingerprint density at radius 2 is 1.82 bits per heavy atom. The van der Waals surface area contributed by atoms with Gasteiger partial charge in [0.1, 0.15) is 0 Å². The summed E-state index contributed by atoms with van der Waals surface area (Å²) in [6, 6.07) is 5.90. The first-order valence-corrected chi connectivity index (χ1v) is 10.1. The molecule has 0 heterocycles. The quantitative estimate of drug-likeness (QED) is 0.284. The van der Waals surface area contributed by atoms with E-state index >= 15 is 0 Å². The predicted octanol–water partition coefficient (Wildman–Crippen LogP) is 3.88. The lowest BCUT2D eigenvalue weighted by Gasteiger charge is -2.29. The van der Waals surface area contributed by atoms with Gasteiger partial charge < -0.3 is 25.2 Å². The van der Waals surface area contributed by atoms with Gasteiger partial charge in [-0.3, -0.25) is 4.99 Å². The molecule has 2 rings (SSSR count). The van der Waals surface area contributed by atoms with E-state index in [9.17, 15) is 5.11 Å². The maximum atomic E-state index is 10.5. The summed E-state index contributed by atoms with van der Waals surface area (Å²) in [5, 5.41) is 17.4. The highest BCUT2D eigenvalue weighted by Crippen LogP contribution is 2.30. The van der Waals surface area contributed by atoms with Gasteiger partial charge in [0.15, 0.2) is 17.5 Å². The van der Waals surface area contributed by atoms with E-state index in [1.54, 1.807) is 26.4 Å². The van der Waals surface area contributed by atoms with Crippen LogP contribution >= 0.6 is 24.0 Å². The smallest absolute Gasteiger partial charge is 0.191 e. The molecule has 0 amide bonds. The minimum atomic E-state index is -0.698. The molecule has 1 unspecified atom stereocenters. The maximum absolute atomic E-state index is 10.5. The van der Waals surface area contributed by atoms with E-state index in [4.69, 9.17) is 9.47 Å². The molecule has 1 aliphatic rings. The van der Waals surface area contributed by atoms with Crippen molar-refractivity contribution in [2.45, 2.75) is 58.1 Å². The predicted molar refractivity (Wildman–Crippen MR) is 125 cm³/mol. The molecule has 1 saturated carbocycles. The number of hydrogen-bond donors (Lipinski definition) is 3. The topological polar surface area (TPSA) is 75.1 Å². The van der Waals surface area contributed by atoms with E-state index in [1.165, 1.54) is 32.1 Å². The normalized spacial score (nSPS) is 20.7. The monoisotopic (exact) mass is 505 g/mol. The van der Waals surface area contributed by atoms with Gasteiger partial charge in [0.25, 0.3) is 0 Å². The van der Waals surface area contributed by atoms with E-state index in [1.807, 2.05) is 6.07 Å². The minimum absolute atomic E-state index is 0. The van der Waals surface area contributed by atoms with Crippen molar-refractivity contribution < 1.29 is 14.6 Å². The van der Waals surface area contributed by atoms with Crippen LogP contribution in [-0.4, -0.2) is 44.4 Å². The van der Waals surface area contributed by atoms with Crippen LogP contribution in [0.1, 0.15) is 57.6 Å². The summed E-state index contributed by atoms with van der Waals surface area (Å²) < 4.78 is 10.6. The zero-order valence-electron chi connectivity index (χ0n) is 17.5. The number of rotatable bonds is 8. The van der Waals surface area contributed by atoms with Crippen LogP contribution in [0.15, 0.2) is 23.2 Å². The van der Waals surface area contributed by atoms with Crippen LogP contribution in [0.4, 0.5) is 0 Å². The van der Waals surface area contributed by atoms with Crippen LogP contribution in [0, 0.1) is 5.92 Å². The highest BCUT2D eigenvalue weighted by Gasteiger charge is 2.20. The van der Waals surface area contributed by atoms with E-state index in [2.05, 4.69) is 29.5 Å². The number of nitrogens with one attached hydrogen (secondary N) is 2. The van der Waals surface area contributed by atoms with Crippen LogP contribution in [-0.2, 0) is 0 Å². The van der Waals surface area contributed by atoms with Crippen LogP contribution in [0.5, 0.6) is 11.5 Å². The molecule has 0 aliphatic heterocycles. The zero-order chi connectivity index (χ0) is 19.6. The van der Waals surface area contributed by atoms with Gasteiger partial charge in [0.2, 0.25) is 0 Å². The lowest BCUT2D eigenvalue weighted by molar-refractivity contribution is 0.186. The van der Waals surface area contributed by atoms with Gasteiger partial charge >= 0.3 is 0 Å². The van der Waals surface area contributed by atoms with Crippen LogP contribution in [0.2, 0.25) is 0 Å². The Balaban J connectivity index is 0.00000392. The van der Waals surface area contributed by atoms with Crippen molar-refractivity contribution in [1.82, 2.24) is 10.6 Å². The van der Waals surface area contributed by atoms with Crippen LogP contribution in [0.25, 0.3) is 0 Å². The first-order chi connectivity index (χ1) is 13.1. The Hall–Kier alpha value is -1.22. The largest absolute Gasteiger partial charge is 0.493 e. The molecule has 1 aromatic carbocycles. The molecule has 1 aromatic rings. The fourth-order valence-corrected chi connectivity index (χ4v) is 3.57. The second-order valence-electron chi connectivity index (χ2n) is 7.12. The fourth-order valence-electron chi connectivity index (χ4n) is 3.57. The van der Waals surface area contributed by atoms with Crippen molar-refractivity contribution in [2.24, 2.45) is 10.9 Å². The van der Waals surface area contributed by atoms with Crippen molar-refractivity contribution in [3.63, 3.8) is 0 Å². The number of aliphatic imine (C=N–C) groups is 1. The average molecular weight is 505 g/mol. The first kappa shape index (κ1) is 24.8. The van der Waals surface area contributed by atoms with Gasteiger partial charge in [-0.05, 0) is 56.2 Å². The summed E-state index contributed by atoms with van der Waals surface area (Å²) in [4.78, 5) is 4.59. The molecule has 28 heavy (non-hydrogen) atoms. The number of hydrogen-bond acceptors (Lipinski definition) is 4.